The van der Waals surface area contributed by atoms with E-state index in [0.29, 0.717) is 17.6 Å². The lowest BCUT2D eigenvalue weighted by Crippen LogP contribution is -2.39. The second kappa shape index (κ2) is 5.52. The Morgan fingerprint density at radius 2 is 2.23 bits per heavy atom. The van der Waals surface area contributed by atoms with Crippen LogP contribution in [0.15, 0.2) is 29.9 Å². The maximum Gasteiger partial charge on any atom is 0.257 e. The Bertz CT molecular complexity index is 666. The Morgan fingerprint density at radius 3 is 2.95 bits per heavy atom. The van der Waals surface area contributed by atoms with Crippen molar-refractivity contribution in [2.45, 2.75) is 31.5 Å². The van der Waals surface area contributed by atoms with Crippen molar-refractivity contribution in [2.75, 3.05) is 13.1 Å². The molecule has 2 saturated heterocycles. The van der Waals surface area contributed by atoms with E-state index in [2.05, 4.69) is 32.4 Å². The number of carbonyl (C=O) groups is 1. The fourth-order valence-electron chi connectivity index (χ4n) is 3.82. The highest BCUT2D eigenvalue weighted by Crippen LogP contribution is 2.34. The number of rotatable bonds is 3. The molecule has 4 heterocycles. The van der Waals surface area contributed by atoms with Crippen molar-refractivity contribution in [3.63, 3.8) is 0 Å². The van der Waals surface area contributed by atoms with Crippen molar-refractivity contribution in [3.05, 3.63) is 40.3 Å². The molecule has 0 aromatic carbocycles. The number of fused-ring (bicyclic) bond motifs is 1. The van der Waals surface area contributed by atoms with Crippen molar-refractivity contribution in [1.29, 1.82) is 0 Å². The van der Waals surface area contributed by atoms with Crippen LogP contribution in [0.25, 0.3) is 0 Å². The summed E-state index contributed by atoms with van der Waals surface area (Å²) in [6, 6.07) is 5.20. The van der Waals surface area contributed by atoms with Crippen molar-refractivity contribution in [1.82, 2.24) is 19.6 Å². The third-order valence-electron chi connectivity index (χ3n) is 4.84. The van der Waals surface area contributed by atoms with Gasteiger partial charge in [-0.3, -0.25) is 14.4 Å². The smallest absolute Gasteiger partial charge is 0.257 e. The molecule has 1 amide bonds. The third-order valence-corrected chi connectivity index (χ3v) is 5.70. The Morgan fingerprint density at radius 1 is 1.36 bits per heavy atom. The fraction of sp³-hybridized carbons (Fsp3) is 0.500. The predicted octanol–water partition coefficient (Wildman–Crippen LogP) is 1.97. The Kier molecular flexibility index (Phi) is 3.50. The van der Waals surface area contributed by atoms with Gasteiger partial charge in [-0.05, 0) is 24.3 Å². The van der Waals surface area contributed by atoms with Gasteiger partial charge < -0.3 is 4.90 Å². The van der Waals surface area contributed by atoms with Gasteiger partial charge in [0, 0.05) is 49.8 Å². The molecule has 2 atom stereocenters. The van der Waals surface area contributed by atoms with E-state index in [1.807, 2.05) is 24.6 Å². The minimum atomic E-state index is 0.138. The van der Waals surface area contributed by atoms with Crippen LogP contribution in [-0.2, 0) is 13.6 Å². The van der Waals surface area contributed by atoms with Gasteiger partial charge in [0.05, 0.1) is 11.8 Å². The highest BCUT2D eigenvalue weighted by molar-refractivity contribution is 7.09. The van der Waals surface area contributed by atoms with Crippen LogP contribution in [0.5, 0.6) is 0 Å². The summed E-state index contributed by atoms with van der Waals surface area (Å²) in [6.07, 6.45) is 5.66. The lowest BCUT2D eigenvalue weighted by atomic mass is 10.1. The summed E-state index contributed by atoms with van der Waals surface area (Å²) >= 11 is 1.82. The Hall–Kier alpha value is -1.66. The molecule has 2 fully saturated rings. The number of thiophene rings is 1. The topological polar surface area (TPSA) is 41.4 Å². The molecule has 2 aromatic rings. The molecule has 2 aliphatic rings. The Balaban J connectivity index is 1.47. The van der Waals surface area contributed by atoms with Crippen molar-refractivity contribution in [3.8, 4) is 0 Å². The summed E-state index contributed by atoms with van der Waals surface area (Å²) in [5.41, 5.74) is 0.708. The first-order valence-corrected chi connectivity index (χ1v) is 8.66. The summed E-state index contributed by atoms with van der Waals surface area (Å²) in [7, 11) is 1.85. The maximum absolute atomic E-state index is 12.7. The van der Waals surface area contributed by atoms with E-state index in [1.165, 1.54) is 4.88 Å². The van der Waals surface area contributed by atoms with E-state index in [0.717, 1.165) is 32.5 Å². The predicted molar refractivity (Wildman–Crippen MR) is 85.8 cm³/mol. The molecule has 0 bridgehead atoms. The van der Waals surface area contributed by atoms with E-state index in [9.17, 15) is 4.79 Å². The zero-order valence-electron chi connectivity index (χ0n) is 12.7. The maximum atomic E-state index is 12.7. The number of nitrogens with zero attached hydrogens (tertiary/aromatic N) is 4. The SMILES string of the molecule is Cn1cc(C(=O)N2CC[C@@H]3[C@@H]2CCN3Cc2cccs2)cn1. The van der Waals surface area contributed by atoms with Crippen LogP contribution in [0.4, 0.5) is 0 Å². The quantitative estimate of drug-likeness (QED) is 0.869. The lowest BCUT2D eigenvalue weighted by molar-refractivity contribution is 0.0732. The number of aryl methyl sites for hydroxylation is 1. The molecule has 0 saturated carbocycles. The number of likely N-dealkylation sites (tertiary alicyclic amines) is 2. The van der Waals surface area contributed by atoms with Crippen LogP contribution < -0.4 is 0 Å². The summed E-state index contributed by atoms with van der Waals surface area (Å²) in [5.74, 6) is 0.138. The zero-order chi connectivity index (χ0) is 15.1. The van der Waals surface area contributed by atoms with Gasteiger partial charge in [0.25, 0.3) is 5.91 Å². The van der Waals surface area contributed by atoms with Crippen LogP contribution in [0.2, 0.25) is 0 Å². The van der Waals surface area contributed by atoms with Gasteiger partial charge in [0.1, 0.15) is 0 Å². The summed E-state index contributed by atoms with van der Waals surface area (Å²) in [4.78, 5) is 18.7. The number of carbonyl (C=O) groups excluding carboxylic acids is 1. The molecule has 5 nitrogen and oxygen atoms in total. The first-order valence-electron chi connectivity index (χ1n) is 7.78. The molecule has 0 aliphatic carbocycles. The van der Waals surface area contributed by atoms with Gasteiger partial charge in [-0.15, -0.1) is 11.3 Å². The van der Waals surface area contributed by atoms with Crippen molar-refractivity contribution >= 4 is 17.2 Å². The summed E-state index contributed by atoms with van der Waals surface area (Å²) in [5, 5.41) is 6.25. The van der Waals surface area contributed by atoms with Crippen LogP contribution in [-0.4, -0.2) is 50.7 Å². The first-order chi connectivity index (χ1) is 10.7. The van der Waals surface area contributed by atoms with E-state index in [-0.39, 0.29) is 5.91 Å². The van der Waals surface area contributed by atoms with Crippen molar-refractivity contribution < 1.29 is 4.79 Å². The first kappa shape index (κ1) is 14.0. The highest BCUT2D eigenvalue weighted by atomic mass is 32.1. The van der Waals surface area contributed by atoms with Gasteiger partial charge in [-0.1, -0.05) is 6.07 Å². The van der Waals surface area contributed by atoms with Gasteiger partial charge >= 0.3 is 0 Å². The average molecular weight is 316 g/mol. The molecule has 116 valence electrons. The monoisotopic (exact) mass is 316 g/mol. The second-order valence-corrected chi connectivity index (χ2v) is 7.20. The molecule has 0 N–H and O–H groups in total. The normalized spacial score (nSPS) is 24.9. The molecule has 0 spiro atoms. The van der Waals surface area contributed by atoms with E-state index in [1.54, 1.807) is 10.9 Å². The van der Waals surface area contributed by atoms with E-state index >= 15 is 0 Å². The fourth-order valence-corrected chi connectivity index (χ4v) is 4.55. The lowest BCUT2D eigenvalue weighted by Gasteiger charge is -2.25. The van der Waals surface area contributed by atoms with Gasteiger partial charge in [0.15, 0.2) is 0 Å². The van der Waals surface area contributed by atoms with Crippen molar-refractivity contribution in [2.24, 2.45) is 7.05 Å². The van der Waals surface area contributed by atoms with E-state index in [4.69, 9.17) is 0 Å². The largest absolute Gasteiger partial charge is 0.334 e. The summed E-state index contributed by atoms with van der Waals surface area (Å²) < 4.78 is 1.69. The molecule has 0 unspecified atom stereocenters. The van der Waals surface area contributed by atoms with Gasteiger partial charge in [0.2, 0.25) is 0 Å². The molecule has 2 aliphatic heterocycles. The average Bonchev–Trinajstić information content (AvgIpc) is 3.24. The highest BCUT2D eigenvalue weighted by Gasteiger charge is 2.44. The van der Waals surface area contributed by atoms with Crippen LogP contribution >= 0.6 is 11.3 Å². The summed E-state index contributed by atoms with van der Waals surface area (Å²) in [6.45, 7) is 2.97. The molecule has 0 radical (unpaired) electrons. The van der Waals surface area contributed by atoms with Crippen LogP contribution in [0.1, 0.15) is 28.1 Å². The minimum absolute atomic E-state index is 0.138. The standard InChI is InChI=1S/C16H20N4OS/c1-18-10-12(9-17-18)16(21)20-7-5-14-15(20)4-6-19(14)11-13-3-2-8-22-13/h2-3,8-10,14-15H,4-7,11H2,1H3/t14-,15+/m1/s1. The number of hydrogen-bond donors (Lipinski definition) is 0. The molecule has 6 heteroatoms. The zero-order valence-corrected chi connectivity index (χ0v) is 13.5. The molecular formula is C16H20N4OS. The third kappa shape index (κ3) is 2.36. The van der Waals surface area contributed by atoms with Crippen LogP contribution in [0.3, 0.4) is 0 Å². The number of amides is 1. The molecule has 4 rings (SSSR count). The molecular weight excluding hydrogens is 296 g/mol. The molecule has 22 heavy (non-hydrogen) atoms. The molecule has 2 aromatic heterocycles. The van der Waals surface area contributed by atoms with Crippen LogP contribution in [0, 0.1) is 0 Å². The number of aromatic nitrogens is 2. The number of hydrogen-bond acceptors (Lipinski definition) is 4. The Labute approximate surface area is 134 Å². The second-order valence-electron chi connectivity index (χ2n) is 6.16. The van der Waals surface area contributed by atoms with Gasteiger partial charge in [-0.2, -0.15) is 5.10 Å². The van der Waals surface area contributed by atoms with E-state index < -0.39 is 0 Å². The minimum Gasteiger partial charge on any atom is -0.334 e. The van der Waals surface area contributed by atoms with Gasteiger partial charge in [-0.25, -0.2) is 0 Å².